The zero-order chi connectivity index (χ0) is 17.6. The highest BCUT2D eigenvalue weighted by Crippen LogP contribution is 2.41. The lowest BCUT2D eigenvalue weighted by atomic mass is 10.1. The predicted octanol–water partition coefficient (Wildman–Crippen LogP) is 3.73. The van der Waals surface area contributed by atoms with Crippen molar-refractivity contribution in [2.75, 3.05) is 13.1 Å². The fourth-order valence-corrected chi connectivity index (χ4v) is 4.01. The average molecular weight is 366 g/mol. The predicted molar refractivity (Wildman–Crippen MR) is 90.9 cm³/mol. The van der Waals surface area contributed by atoms with Gasteiger partial charge in [0.2, 0.25) is 0 Å². The van der Waals surface area contributed by atoms with Crippen LogP contribution in [0.2, 0.25) is 5.02 Å². The standard InChI is InChI=1S/C19H18ClF2NO2/c20-15-3-1-2-4-18(15)25-19-14-7-11(21)8-16(22)13(14)9-17(19)23-6-5-12(24)10-23/h1-4,7-8,12,17,19,24H,5-6,9-10H2/t12-,17+,19+/m1/s1. The molecule has 1 heterocycles. The molecule has 3 atom stereocenters. The van der Waals surface area contributed by atoms with E-state index in [1.54, 1.807) is 24.3 Å². The Bertz CT molecular complexity index is 801. The third-order valence-corrected chi connectivity index (χ3v) is 5.33. The molecule has 1 aliphatic heterocycles. The van der Waals surface area contributed by atoms with Crippen molar-refractivity contribution in [1.29, 1.82) is 0 Å². The number of β-amino-alcohol motifs (C(OH)–C–C–N with tert-alkyl or cyclic N) is 1. The van der Waals surface area contributed by atoms with Crippen molar-refractivity contribution in [3.63, 3.8) is 0 Å². The van der Waals surface area contributed by atoms with E-state index in [-0.39, 0.29) is 6.04 Å². The highest BCUT2D eigenvalue weighted by Gasteiger charge is 2.42. The molecule has 0 spiro atoms. The van der Waals surface area contributed by atoms with E-state index in [1.165, 1.54) is 6.07 Å². The number of halogens is 3. The average Bonchev–Trinajstić information content (AvgIpc) is 3.14. The number of ether oxygens (including phenoxy) is 1. The number of fused-ring (bicyclic) bond motifs is 1. The summed E-state index contributed by atoms with van der Waals surface area (Å²) in [5.41, 5.74) is 0.994. The van der Waals surface area contributed by atoms with E-state index in [4.69, 9.17) is 16.3 Å². The van der Waals surface area contributed by atoms with E-state index in [9.17, 15) is 13.9 Å². The van der Waals surface area contributed by atoms with Crippen LogP contribution in [-0.2, 0) is 6.42 Å². The molecule has 1 N–H and O–H groups in total. The summed E-state index contributed by atoms with van der Waals surface area (Å²) in [4.78, 5) is 2.09. The first-order chi connectivity index (χ1) is 12.0. The maximum Gasteiger partial charge on any atom is 0.140 e. The van der Waals surface area contributed by atoms with E-state index >= 15 is 0 Å². The van der Waals surface area contributed by atoms with Gasteiger partial charge in [0.15, 0.2) is 0 Å². The number of hydrogen-bond donors (Lipinski definition) is 1. The summed E-state index contributed by atoms with van der Waals surface area (Å²) in [6.45, 7) is 1.21. The third-order valence-electron chi connectivity index (χ3n) is 5.02. The van der Waals surface area contributed by atoms with Gasteiger partial charge < -0.3 is 9.84 Å². The first kappa shape index (κ1) is 16.8. The van der Waals surface area contributed by atoms with Gasteiger partial charge in [0.1, 0.15) is 23.5 Å². The molecule has 2 aliphatic rings. The van der Waals surface area contributed by atoms with E-state index in [0.29, 0.717) is 47.8 Å². The van der Waals surface area contributed by atoms with E-state index in [2.05, 4.69) is 4.90 Å². The van der Waals surface area contributed by atoms with Crippen molar-refractivity contribution in [1.82, 2.24) is 4.90 Å². The van der Waals surface area contributed by atoms with Crippen LogP contribution in [-0.4, -0.2) is 35.2 Å². The van der Waals surface area contributed by atoms with Crippen LogP contribution in [0.25, 0.3) is 0 Å². The second-order valence-corrected chi connectivity index (χ2v) is 7.04. The van der Waals surface area contributed by atoms with Crippen LogP contribution in [0.4, 0.5) is 8.78 Å². The number of benzene rings is 2. The molecule has 0 saturated carbocycles. The van der Waals surface area contributed by atoms with Gasteiger partial charge in [0, 0.05) is 24.7 Å². The van der Waals surface area contributed by atoms with Crippen molar-refractivity contribution >= 4 is 11.6 Å². The SMILES string of the molecule is O[C@@H]1CCN([C@H]2Cc3c(F)cc(F)cc3[C@@H]2Oc2ccccc2Cl)C1. The number of aliphatic hydroxyl groups excluding tert-OH is 1. The minimum Gasteiger partial charge on any atom is -0.482 e. The summed E-state index contributed by atoms with van der Waals surface area (Å²) >= 11 is 6.20. The molecule has 1 aliphatic carbocycles. The number of rotatable bonds is 3. The fourth-order valence-electron chi connectivity index (χ4n) is 3.83. The number of aliphatic hydroxyl groups is 1. The molecule has 0 aromatic heterocycles. The van der Waals surface area contributed by atoms with E-state index in [1.807, 2.05) is 0 Å². The van der Waals surface area contributed by atoms with Gasteiger partial charge in [-0.2, -0.15) is 0 Å². The van der Waals surface area contributed by atoms with Crippen LogP contribution >= 0.6 is 11.6 Å². The van der Waals surface area contributed by atoms with Gasteiger partial charge in [0.05, 0.1) is 17.2 Å². The quantitative estimate of drug-likeness (QED) is 0.899. The summed E-state index contributed by atoms with van der Waals surface area (Å²) in [7, 11) is 0. The van der Waals surface area contributed by atoms with Gasteiger partial charge in [-0.15, -0.1) is 0 Å². The van der Waals surface area contributed by atoms with E-state index in [0.717, 1.165) is 6.07 Å². The molecular formula is C19H18ClF2NO2. The molecule has 1 saturated heterocycles. The second kappa shape index (κ2) is 6.56. The van der Waals surface area contributed by atoms with Crippen LogP contribution in [0, 0.1) is 11.6 Å². The van der Waals surface area contributed by atoms with Gasteiger partial charge in [-0.25, -0.2) is 8.78 Å². The molecule has 0 amide bonds. The number of nitrogens with zero attached hydrogens (tertiary/aromatic N) is 1. The highest BCUT2D eigenvalue weighted by molar-refractivity contribution is 6.32. The minimum absolute atomic E-state index is 0.167. The van der Waals surface area contributed by atoms with Crippen LogP contribution in [0.3, 0.4) is 0 Å². The number of para-hydroxylation sites is 1. The van der Waals surface area contributed by atoms with Crippen molar-refractivity contribution in [2.24, 2.45) is 0 Å². The molecule has 2 aromatic carbocycles. The minimum atomic E-state index is -0.619. The van der Waals surface area contributed by atoms with Gasteiger partial charge in [-0.05, 0) is 36.6 Å². The number of likely N-dealkylation sites (tertiary alicyclic amines) is 1. The number of hydrogen-bond acceptors (Lipinski definition) is 3. The monoisotopic (exact) mass is 365 g/mol. The lowest BCUT2D eigenvalue weighted by Gasteiger charge is -2.30. The molecule has 6 heteroatoms. The van der Waals surface area contributed by atoms with Crippen LogP contribution < -0.4 is 4.74 Å². The van der Waals surface area contributed by atoms with Crippen LogP contribution in [0.1, 0.15) is 23.7 Å². The lowest BCUT2D eigenvalue weighted by Crippen LogP contribution is -2.39. The molecule has 25 heavy (non-hydrogen) atoms. The molecular weight excluding hydrogens is 348 g/mol. The summed E-state index contributed by atoms with van der Waals surface area (Å²) in [6.07, 6.45) is 0.155. The molecule has 2 aromatic rings. The van der Waals surface area contributed by atoms with Gasteiger partial charge in [-0.1, -0.05) is 23.7 Å². The Morgan fingerprint density at radius 2 is 2.00 bits per heavy atom. The Kier molecular flexibility index (Phi) is 4.40. The van der Waals surface area contributed by atoms with Crippen LogP contribution in [0.15, 0.2) is 36.4 Å². The maximum absolute atomic E-state index is 14.3. The zero-order valence-electron chi connectivity index (χ0n) is 13.5. The zero-order valence-corrected chi connectivity index (χ0v) is 14.2. The molecule has 1 fully saturated rings. The smallest absolute Gasteiger partial charge is 0.140 e. The second-order valence-electron chi connectivity index (χ2n) is 6.63. The topological polar surface area (TPSA) is 32.7 Å². The van der Waals surface area contributed by atoms with Gasteiger partial charge in [0.25, 0.3) is 0 Å². The molecule has 0 unspecified atom stereocenters. The van der Waals surface area contributed by atoms with E-state index < -0.39 is 23.8 Å². The Morgan fingerprint density at radius 3 is 2.72 bits per heavy atom. The summed E-state index contributed by atoms with van der Waals surface area (Å²) in [6, 6.07) is 9.14. The van der Waals surface area contributed by atoms with Crippen LogP contribution in [0.5, 0.6) is 5.75 Å². The molecule has 0 bridgehead atoms. The largest absolute Gasteiger partial charge is 0.482 e. The molecule has 4 rings (SSSR count). The van der Waals surface area contributed by atoms with Gasteiger partial charge >= 0.3 is 0 Å². The van der Waals surface area contributed by atoms with Crippen molar-refractivity contribution < 1.29 is 18.6 Å². The highest BCUT2D eigenvalue weighted by atomic mass is 35.5. The Labute approximate surface area is 149 Å². The maximum atomic E-state index is 14.3. The molecule has 3 nitrogen and oxygen atoms in total. The Balaban J connectivity index is 1.72. The van der Waals surface area contributed by atoms with Crippen molar-refractivity contribution in [2.45, 2.75) is 31.1 Å². The van der Waals surface area contributed by atoms with Crippen molar-refractivity contribution in [3.8, 4) is 5.75 Å². The summed E-state index contributed by atoms with van der Waals surface area (Å²) < 4.78 is 34.2. The summed E-state index contributed by atoms with van der Waals surface area (Å²) in [5.74, 6) is -0.687. The molecule has 132 valence electrons. The van der Waals surface area contributed by atoms with Gasteiger partial charge in [-0.3, -0.25) is 4.90 Å². The first-order valence-electron chi connectivity index (χ1n) is 8.34. The summed E-state index contributed by atoms with van der Waals surface area (Å²) in [5, 5.41) is 10.3. The lowest BCUT2D eigenvalue weighted by molar-refractivity contribution is 0.0817. The van der Waals surface area contributed by atoms with Crippen molar-refractivity contribution in [3.05, 3.63) is 64.2 Å². The fraction of sp³-hybridized carbons (Fsp3) is 0.368. The Morgan fingerprint density at radius 1 is 1.20 bits per heavy atom. The third kappa shape index (κ3) is 3.12. The normalized spacial score (nSPS) is 26.0. The molecule has 0 radical (unpaired) electrons. The Hall–Kier alpha value is -1.69. The first-order valence-corrected chi connectivity index (χ1v) is 8.72.